The van der Waals surface area contributed by atoms with Crippen LogP contribution in [0.1, 0.15) is 5.56 Å². The average Bonchev–Trinajstić information content (AvgIpc) is 1.97. The van der Waals surface area contributed by atoms with Crippen molar-refractivity contribution in [3.05, 3.63) is 34.0 Å². The van der Waals surface area contributed by atoms with Crippen LogP contribution in [0.5, 0.6) is 0 Å². The Hall–Kier alpha value is -1.65. The average molecular weight is 171 g/mol. The Balaban J connectivity index is 3.13. The normalized spacial score (nSPS) is 9.75. The van der Waals surface area contributed by atoms with Crippen molar-refractivity contribution >= 4 is 5.97 Å². The molecular weight excluding hydrogens is 165 g/mol. The van der Waals surface area contributed by atoms with Gasteiger partial charge in [-0.25, -0.2) is 0 Å². The van der Waals surface area contributed by atoms with Crippen molar-refractivity contribution < 1.29 is 14.3 Å². The standard InChI is InChI=1S/C7H6FNO3/c8-7-4(3-6(11)12)5(10)1-2-9-7/h1-2H,3H2,(H,9,10)(H,11,12). The lowest BCUT2D eigenvalue weighted by atomic mass is 10.2. The zero-order valence-electron chi connectivity index (χ0n) is 6.00. The molecule has 0 aliphatic rings. The van der Waals surface area contributed by atoms with Crippen molar-refractivity contribution in [3.63, 3.8) is 0 Å². The molecule has 4 nitrogen and oxygen atoms in total. The highest BCUT2D eigenvalue weighted by atomic mass is 19.1. The van der Waals surface area contributed by atoms with Gasteiger partial charge in [0.2, 0.25) is 0 Å². The number of aromatic nitrogens is 1. The Kier molecular flexibility index (Phi) is 2.23. The number of hydrogen-bond donors (Lipinski definition) is 2. The lowest BCUT2D eigenvalue weighted by Crippen LogP contribution is -2.15. The third kappa shape index (κ3) is 1.69. The monoisotopic (exact) mass is 171 g/mol. The van der Waals surface area contributed by atoms with Gasteiger partial charge >= 0.3 is 5.97 Å². The summed E-state index contributed by atoms with van der Waals surface area (Å²) in [5, 5.41) is 8.30. The summed E-state index contributed by atoms with van der Waals surface area (Å²) in [5.41, 5.74) is -0.946. The number of pyridine rings is 1. The van der Waals surface area contributed by atoms with Gasteiger partial charge in [0.15, 0.2) is 11.4 Å². The van der Waals surface area contributed by atoms with E-state index in [2.05, 4.69) is 4.98 Å². The molecule has 0 saturated carbocycles. The van der Waals surface area contributed by atoms with E-state index in [0.29, 0.717) is 0 Å². The Labute approximate surface area is 66.7 Å². The van der Waals surface area contributed by atoms with Crippen molar-refractivity contribution in [1.29, 1.82) is 0 Å². The van der Waals surface area contributed by atoms with E-state index in [1.54, 1.807) is 0 Å². The molecule has 1 aromatic heterocycles. The van der Waals surface area contributed by atoms with Crippen LogP contribution in [-0.4, -0.2) is 16.1 Å². The first-order valence-electron chi connectivity index (χ1n) is 3.19. The topological polar surface area (TPSA) is 70.2 Å². The molecule has 0 bridgehead atoms. The maximum absolute atomic E-state index is 12.7. The molecule has 5 heteroatoms. The fourth-order valence-electron chi connectivity index (χ4n) is 0.802. The smallest absolute Gasteiger partial charge is 0.308 e. The molecule has 0 saturated heterocycles. The van der Waals surface area contributed by atoms with Crippen LogP contribution in [0.4, 0.5) is 4.39 Å². The molecule has 0 spiro atoms. The number of carbonyl (C=O) groups is 1. The van der Waals surface area contributed by atoms with Gasteiger partial charge in [-0.1, -0.05) is 0 Å². The van der Waals surface area contributed by atoms with Crippen molar-refractivity contribution in [2.75, 3.05) is 0 Å². The van der Waals surface area contributed by atoms with Gasteiger partial charge in [-0.05, 0) is 0 Å². The van der Waals surface area contributed by atoms with Gasteiger partial charge in [-0.2, -0.15) is 4.39 Å². The number of hydrogen-bond acceptors (Lipinski definition) is 2. The summed E-state index contributed by atoms with van der Waals surface area (Å²) < 4.78 is 12.7. The SMILES string of the molecule is O=C(O)Cc1c(F)[nH]ccc1=O. The first-order chi connectivity index (χ1) is 5.61. The molecule has 0 amide bonds. The fourth-order valence-corrected chi connectivity index (χ4v) is 0.802. The summed E-state index contributed by atoms with van der Waals surface area (Å²) in [7, 11) is 0. The minimum absolute atomic E-state index is 0.343. The second-order valence-electron chi connectivity index (χ2n) is 2.20. The molecule has 0 unspecified atom stereocenters. The van der Waals surface area contributed by atoms with Crippen molar-refractivity contribution in [3.8, 4) is 0 Å². The van der Waals surface area contributed by atoms with Crippen LogP contribution in [0, 0.1) is 5.95 Å². The maximum atomic E-state index is 12.7. The zero-order chi connectivity index (χ0) is 9.14. The van der Waals surface area contributed by atoms with E-state index in [0.717, 1.165) is 12.3 Å². The molecule has 1 aromatic rings. The van der Waals surface area contributed by atoms with Gasteiger partial charge < -0.3 is 10.1 Å². The number of H-pyrrole nitrogens is 1. The lowest BCUT2D eigenvalue weighted by Gasteiger charge is -1.96. The Morgan fingerprint density at radius 2 is 2.33 bits per heavy atom. The fraction of sp³-hybridized carbons (Fsp3) is 0.143. The molecular formula is C7H6FNO3. The number of halogens is 1. The van der Waals surface area contributed by atoms with Gasteiger partial charge in [0, 0.05) is 12.3 Å². The predicted octanol–water partition coefficient (Wildman–Crippen LogP) is 0.141. The third-order valence-electron chi connectivity index (χ3n) is 1.34. The van der Waals surface area contributed by atoms with E-state index < -0.39 is 23.8 Å². The van der Waals surface area contributed by atoms with Crippen LogP contribution >= 0.6 is 0 Å². The summed E-state index contributed by atoms with van der Waals surface area (Å²) in [5.74, 6) is -2.12. The number of carboxylic acid groups (broad SMARTS) is 1. The van der Waals surface area contributed by atoms with Gasteiger partial charge in [-0.3, -0.25) is 9.59 Å². The minimum atomic E-state index is -1.23. The van der Waals surface area contributed by atoms with Crippen molar-refractivity contribution in [2.45, 2.75) is 6.42 Å². The molecule has 64 valence electrons. The highest BCUT2D eigenvalue weighted by molar-refractivity contribution is 5.70. The van der Waals surface area contributed by atoms with Crippen molar-refractivity contribution in [2.24, 2.45) is 0 Å². The highest BCUT2D eigenvalue weighted by Gasteiger charge is 2.09. The number of aliphatic carboxylic acids is 1. The summed E-state index contributed by atoms with van der Waals surface area (Å²) in [4.78, 5) is 23.1. The number of rotatable bonds is 2. The largest absolute Gasteiger partial charge is 0.481 e. The van der Waals surface area contributed by atoms with E-state index in [-0.39, 0.29) is 5.56 Å². The van der Waals surface area contributed by atoms with Gasteiger partial charge in [0.1, 0.15) is 0 Å². The van der Waals surface area contributed by atoms with Crippen LogP contribution in [-0.2, 0) is 11.2 Å². The predicted molar refractivity (Wildman–Crippen MR) is 38.4 cm³/mol. The molecule has 1 heterocycles. The molecule has 0 aromatic carbocycles. The Morgan fingerprint density at radius 3 is 2.83 bits per heavy atom. The first kappa shape index (κ1) is 8.45. The second-order valence-corrected chi connectivity index (χ2v) is 2.20. The van der Waals surface area contributed by atoms with Gasteiger partial charge in [-0.15, -0.1) is 0 Å². The number of nitrogens with one attached hydrogen (secondary N) is 1. The highest BCUT2D eigenvalue weighted by Crippen LogP contribution is 1.97. The minimum Gasteiger partial charge on any atom is -0.481 e. The first-order valence-corrected chi connectivity index (χ1v) is 3.19. The summed E-state index contributed by atoms with van der Waals surface area (Å²) in [6.45, 7) is 0. The van der Waals surface area contributed by atoms with E-state index in [1.807, 2.05) is 0 Å². The zero-order valence-corrected chi connectivity index (χ0v) is 6.00. The second kappa shape index (κ2) is 3.17. The lowest BCUT2D eigenvalue weighted by molar-refractivity contribution is -0.136. The van der Waals surface area contributed by atoms with E-state index in [4.69, 9.17) is 5.11 Å². The molecule has 0 aliphatic heterocycles. The van der Waals surface area contributed by atoms with Crippen LogP contribution in [0.3, 0.4) is 0 Å². The number of carboxylic acids is 1. The Bertz CT molecular complexity index is 358. The molecule has 0 fully saturated rings. The summed E-state index contributed by atoms with van der Waals surface area (Å²) in [6.07, 6.45) is 0.533. The van der Waals surface area contributed by atoms with Crippen LogP contribution in [0.25, 0.3) is 0 Å². The number of aromatic amines is 1. The van der Waals surface area contributed by atoms with E-state index in [9.17, 15) is 14.0 Å². The quantitative estimate of drug-likeness (QED) is 0.622. The van der Waals surface area contributed by atoms with E-state index >= 15 is 0 Å². The molecule has 0 aliphatic carbocycles. The summed E-state index contributed by atoms with van der Waals surface area (Å²) >= 11 is 0. The maximum Gasteiger partial charge on any atom is 0.308 e. The molecule has 0 radical (unpaired) electrons. The molecule has 0 atom stereocenters. The molecule has 12 heavy (non-hydrogen) atoms. The van der Waals surface area contributed by atoms with Crippen LogP contribution in [0.2, 0.25) is 0 Å². The van der Waals surface area contributed by atoms with Gasteiger partial charge in [0.05, 0.1) is 12.0 Å². The molecule has 2 N–H and O–H groups in total. The summed E-state index contributed by atoms with van der Waals surface area (Å²) in [6, 6.07) is 1.08. The van der Waals surface area contributed by atoms with E-state index in [1.165, 1.54) is 0 Å². The Morgan fingerprint density at radius 1 is 1.67 bits per heavy atom. The van der Waals surface area contributed by atoms with Crippen LogP contribution < -0.4 is 5.43 Å². The third-order valence-corrected chi connectivity index (χ3v) is 1.34. The van der Waals surface area contributed by atoms with Crippen LogP contribution in [0.15, 0.2) is 17.1 Å². The molecule has 1 rings (SSSR count). The van der Waals surface area contributed by atoms with Gasteiger partial charge in [0.25, 0.3) is 0 Å². The van der Waals surface area contributed by atoms with Crippen molar-refractivity contribution in [1.82, 2.24) is 4.98 Å².